The molecule has 0 aliphatic heterocycles. The number of H-pyrrole nitrogens is 1. The molecule has 0 aromatic carbocycles. The minimum Gasteiger partial charge on any atom is -0.348 e. The van der Waals surface area contributed by atoms with Gasteiger partial charge in [-0.05, 0) is 37.8 Å². The van der Waals surface area contributed by atoms with Gasteiger partial charge in [-0.25, -0.2) is 0 Å². The molecule has 1 aromatic rings. The number of amides is 1. The lowest BCUT2D eigenvalue weighted by atomic mass is 9.86. The third-order valence-electron chi connectivity index (χ3n) is 5.52. The number of aromatic amines is 1. The Morgan fingerprint density at radius 1 is 1.25 bits per heavy atom. The number of aromatic nitrogens is 2. The quantitative estimate of drug-likeness (QED) is 0.749. The third-order valence-corrected chi connectivity index (χ3v) is 5.52. The van der Waals surface area contributed by atoms with Gasteiger partial charge in [0.1, 0.15) is 5.69 Å². The summed E-state index contributed by atoms with van der Waals surface area (Å²) in [6, 6.07) is 2.73. The largest absolute Gasteiger partial charge is 0.348 e. The summed E-state index contributed by atoms with van der Waals surface area (Å²) in [7, 11) is 0. The number of hydrogen-bond donors (Lipinski definition) is 3. The fourth-order valence-corrected chi connectivity index (χ4v) is 3.78. The van der Waals surface area contributed by atoms with Gasteiger partial charge in [-0.1, -0.05) is 46.5 Å². The van der Waals surface area contributed by atoms with Gasteiger partial charge in [0.2, 0.25) is 0 Å². The van der Waals surface area contributed by atoms with E-state index in [0.29, 0.717) is 17.8 Å². The lowest BCUT2D eigenvalue weighted by Crippen LogP contribution is -2.52. The average Bonchev–Trinajstić information content (AvgIpc) is 3.15. The van der Waals surface area contributed by atoms with Gasteiger partial charge in [0.15, 0.2) is 0 Å². The Morgan fingerprint density at radius 2 is 1.96 bits per heavy atom. The molecule has 1 amide bonds. The molecule has 0 radical (unpaired) electrons. The lowest BCUT2D eigenvalue weighted by molar-refractivity contribution is 0.0897. The minimum absolute atomic E-state index is 0.0348. The number of carbonyl (C=O) groups excluding carboxylic acids is 1. The van der Waals surface area contributed by atoms with Crippen LogP contribution in [0.15, 0.2) is 6.07 Å². The molecule has 0 spiro atoms. The maximum Gasteiger partial charge on any atom is 0.269 e. The van der Waals surface area contributed by atoms with Crippen LogP contribution in [0, 0.1) is 5.92 Å². The van der Waals surface area contributed by atoms with Crippen molar-refractivity contribution in [2.75, 3.05) is 6.54 Å². The van der Waals surface area contributed by atoms with E-state index in [0.717, 1.165) is 31.0 Å². The number of nitrogens with one attached hydrogen (secondary N) is 3. The third kappa shape index (κ3) is 4.38. The monoisotopic (exact) mass is 332 g/mol. The van der Waals surface area contributed by atoms with Crippen molar-refractivity contribution >= 4 is 5.91 Å². The Hall–Kier alpha value is -1.36. The van der Waals surface area contributed by atoms with Crippen LogP contribution in [-0.2, 0) is 5.41 Å². The Bertz CT molecular complexity index is 548. The zero-order chi connectivity index (χ0) is 17.2. The molecule has 2 aliphatic carbocycles. The predicted octanol–water partition coefficient (Wildman–Crippen LogP) is 3.14. The number of hydrogen-bond acceptors (Lipinski definition) is 3. The van der Waals surface area contributed by atoms with E-state index < -0.39 is 0 Å². The molecular weight excluding hydrogens is 300 g/mol. The lowest BCUT2D eigenvalue weighted by Gasteiger charge is -2.36. The number of carbonyl (C=O) groups is 1. The van der Waals surface area contributed by atoms with Crippen molar-refractivity contribution in [3.8, 4) is 0 Å². The topological polar surface area (TPSA) is 69.8 Å². The van der Waals surface area contributed by atoms with Crippen LogP contribution in [0.25, 0.3) is 0 Å². The zero-order valence-corrected chi connectivity index (χ0v) is 15.3. The molecule has 134 valence electrons. The molecule has 0 saturated heterocycles. The fraction of sp³-hybridized carbons (Fsp3) is 0.789. The normalized spacial score (nSPS) is 24.8. The molecule has 2 fully saturated rings. The molecule has 24 heavy (non-hydrogen) atoms. The summed E-state index contributed by atoms with van der Waals surface area (Å²) < 4.78 is 0. The summed E-state index contributed by atoms with van der Waals surface area (Å²) >= 11 is 0. The zero-order valence-electron chi connectivity index (χ0n) is 15.3. The van der Waals surface area contributed by atoms with Crippen LogP contribution in [0.5, 0.6) is 0 Å². The van der Waals surface area contributed by atoms with Crippen LogP contribution in [0.3, 0.4) is 0 Å². The second-order valence-corrected chi connectivity index (χ2v) is 8.65. The van der Waals surface area contributed by atoms with Crippen LogP contribution < -0.4 is 10.6 Å². The second kappa shape index (κ2) is 7.26. The Morgan fingerprint density at radius 3 is 2.58 bits per heavy atom. The second-order valence-electron chi connectivity index (χ2n) is 8.65. The minimum atomic E-state index is -0.0418. The molecule has 1 aromatic heterocycles. The van der Waals surface area contributed by atoms with Crippen molar-refractivity contribution in [1.29, 1.82) is 0 Å². The van der Waals surface area contributed by atoms with E-state index in [1.807, 2.05) is 6.07 Å². The van der Waals surface area contributed by atoms with Gasteiger partial charge in [0.05, 0.1) is 5.69 Å². The molecule has 2 saturated carbocycles. The molecule has 3 rings (SSSR count). The van der Waals surface area contributed by atoms with Gasteiger partial charge in [-0.15, -0.1) is 0 Å². The fourth-order valence-electron chi connectivity index (χ4n) is 3.78. The smallest absolute Gasteiger partial charge is 0.269 e. The first-order valence-electron chi connectivity index (χ1n) is 9.52. The number of rotatable bonds is 6. The van der Waals surface area contributed by atoms with Gasteiger partial charge < -0.3 is 10.6 Å². The molecule has 5 heteroatoms. The molecular formula is C19H32N4O. The van der Waals surface area contributed by atoms with Crippen LogP contribution in [0.4, 0.5) is 0 Å². The van der Waals surface area contributed by atoms with E-state index in [9.17, 15) is 4.79 Å². The van der Waals surface area contributed by atoms with Crippen molar-refractivity contribution in [1.82, 2.24) is 20.8 Å². The van der Waals surface area contributed by atoms with Crippen molar-refractivity contribution in [2.24, 2.45) is 5.92 Å². The van der Waals surface area contributed by atoms with Crippen LogP contribution in [-0.4, -0.2) is 34.7 Å². The summed E-state index contributed by atoms with van der Waals surface area (Å²) in [5, 5.41) is 13.9. The van der Waals surface area contributed by atoms with Gasteiger partial charge in [0.25, 0.3) is 5.91 Å². The highest BCUT2D eigenvalue weighted by Gasteiger charge is 2.31. The van der Waals surface area contributed by atoms with Crippen LogP contribution in [0.1, 0.15) is 81.9 Å². The average molecular weight is 332 g/mol. The van der Waals surface area contributed by atoms with Gasteiger partial charge >= 0.3 is 0 Å². The summed E-state index contributed by atoms with van der Waals surface area (Å²) in [5.41, 5.74) is 1.45. The molecule has 0 bridgehead atoms. The van der Waals surface area contributed by atoms with E-state index in [-0.39, 0.29) is 11.3 Å². The SMILES string of the molecule is CC(C)(C)c1cc(C(=O)N[C@H]2C[C@H](NCCC3CCCC3)C2)[nH]n1. The van der Waals surface area contributed by atoms with Crippen molar-refractivity contribution in [3.05, 3.63) is 17.5 Å². The van der Waals surface area contributed by atoms with Crippen LogP contribution in [0.2, 0.25) is 0 Å². The van der Waals surface area contributed by atoms with E-state index in [1.54, 1.807) is 0 Å². The van der Waals surface area contributed by atoms with Gasteiger partial charge in [-0.2, -0.15) is 5.10 Å². The van der Waals surface area contributed by atoms with Crippen LogP contribution >= 0.6 is 0 Å². The molecule has 1 heterocycles. The molecule has 5 nitrogen and oxygen atoms in total. The number of nitrogens with zero attached hydrogens (tertiary/aromatic N) is 1. The first-order chi connectivity index (χ1) is 11.4. The first-order valence-corrected chi connectivity index (χ1v) is 9.52. The van der Waals surface area contributed by atoms with E-state index in [1.165, 1.54) is 32.1 Å². The Labute approximate surface area is 145 Å². The van der Waals surface area contributed by atoms with Gasteiger partial charge in [-0.3, -0.25) is 9.89 Å². The Kier molecular flexibility index (Phi) is 5.28. The Balaban J connectivity index is 1.34. The predicted molar refractivity (Wildman–Crippen MR) is 96.1 cm³/mol. The van der Waals surface area contributed by atoms with Gasteiger partial charge in [0, 0.05) is 17.5 Å². The van der Waals surface area contributed by atoms with E-state index in [2.05, 4.69) is 41.6 Å². The summed E-state index contributed by atoms with van der Waals surface area (Å²) in [4.78, 5) is 12.3. The van der Waals surface area contributed by atoms with E-state index >= 15 is 0 Å². The maximum atomic E-state index is 12.3. The highest BCUT2D eigenvalue weighted by atomic mass is 16.2. The summed E-state index contributed by atoms with van der Waals surface area (Å²) in [5.74, 6) is 0.915. The van der Waals surface area contributed by atoms with E-state index in [4.69, 9.17) is 0 Å². The van der Waals surface area contributed by atoms with Crippen molar-refractivity contribution in [3.63, 3.8) is 0 Å². The molecule has 0 unspecified atom stereocenters. The molecule has 3 N–H and O–H groups in total. The molecule has 0 atom stereocenters. The highest BCUT2D eigenvalue weighted by molar-refractivity contribution is 5.92. The highest BCUT2D eigenvalue weighted by Crippen LogP contribution is 2.27. The molecule has 2 aliphatic rings. The van der Waals surface area contributed by atoms with Crippen molar-refractivity contribution in [2.45, 2.75) is 83.2 Å². The maximum absolute atomic E-state index is 12.3. The summed E-state index contributed by atoms with van der Waals surface area (Å²) in [6.45, 7) is 7.42. The standard InChI is InChI=1S/C19H32N4O/c1-19(2,3)17-12-16(22-23-17)18(24)21-15-10-14(11-15)20-9-8-13-6-4-5-7-13/h12-15,20H,4-11H2,1-3H3,(H,21,24)(H,22,23)/t14-,15-. The van der Waals surface area contributed by atoms with Crippen molar-refractivity contribution < 1.29 is 4.79 Å². The first kappa shape index (κ1) is 17.5. The summed E-state index contributed by atoms with van der Waals surface area (Å²) in [6.07, 6.45) is 9.08.